The zero-order valence-corrected chi connectivity index (χ0v) is 8.82. The average Bonchev–Trinajstić information content (AvgIpc) is 2.82. The highest BCUT2D eigenvalue weighted by molar-refractivity contribution is 5.96. The molecular weight excluding hydrogens is 192 g/mol. The van der Waals surface area contributed by atoms with Crippen LogP contribution in [-0.2, 0) is 9.53 Å². The maximum atomic E-state index is 11.0. The van der Waals surface area contributed by atoms with Crippen LogP contribution in [0, 0.1) is 11.8 Å². The number of ether oxygens (including phenoxy) is 1. The highest BCUT2D eigenvalue weighted by Gasteiger charge is 2.37. The molecule has 4 heteroatoms. The predicted octanol–water partition coefficient (Wildman–Crippen LogP) is 1.02. The topological polar surface area (TPSA) is 41.9 Å². The summed E-state index contributed by atoms with van der Waals surface area (Å²) in [5.74, 6) is 1.47. The molecule has 1 saturated carbocycles. The molecule has 1 amide bonds. The lowest BCUT2D eigenvalue weighted by molar-refractivity contribution is -0.118. The van der Waals surface area contributed by atoms with Crippen LogP contribution in [0.3, 0.4) is 0 Å². The largest absolute Gasteiger partial charge is 0.455 e. The SMILES string of the molecule is O=C1COC(N2CC3CCCCC3C2)=N1. The number of nitrogens with zero attached hydrogens (tertiary/aromatic N) is 2. The molecule has 1 aliphatic carbocycles. The summed E-state index contributed by atoms with van der Waals surface area (Å²) in [6, 6.07) is 0.578. The van der Waals surface area contributed by atoms with E-state index in [-0.39, 0.29) is 12.5 Å². The van der Waals surface area contributed by atoms with Crippen molar-refractivity contribution in [2.24, 2.45) is 16.8 Å². The second-order valence-corrected chi connectivity index (χ2v) is 4.79. The lowest BCUT2D eigenvalue weighted by atomic mass is 9.82. The van der Waals surface area contributed by atoms with Crippen LogP contribution < -0.4 is 0 Å². The van der Waals surface area contributed by atoms with Crippen LogP contribution in [0.4, 0.5) is 0 Å². The minimum Gasteiger partial charge on any atom is -0.455 e. The van der Waals surface area contributed by atoms with Gasteiger partial charge >= 0.3 is 0 Å². The maximum absolute atomic E-state index is 11.0. The molecule has 82 valence electrons. The van der Waals surface area contributed by atoms with E-state index >= 15 is 0 Å². The first-order valence-corrected chi connectivity index (χ1v) is 5.82. The first kappa shape index (κ1) is 9.19. The van der Waals surface area contributed by atoms with Gasteiger partial charge < -0.3 is 9.64 Å². The van der Waals surface area contributed by atoms with Gasteiger partial charge in [0, 0.05) is 13.1 Å². The number of hydrogen-bond donors (Lipinski definition) is 0. The first-order valence-electron chi connectivity index (χ1n) is 5.82. The van der Waals surface area contributed by atoms with E-state index in [9.17, 15) is 4.79 Å². The number of carbonyl (C=O) groups excluding carboxylic acids is 1. The van der Waals surface area contributed by atoms with Crippen molar-refractivity contribution >= 4 is 11.9 Å². The summed E-state index contributed by atoms with van der Waals surface area (Å²) in [4.78, 5) is 17.1. The van der Waals surface area contributed by atoms with Crippen LogP contribution in [-0.4, -0.2) is 36.5 Å². The average molecular weight is 208 g/mol. The molecule has 2 atom stereocenters. The molecule has 0 aromatic heterocycles. The van der Waals surface area contributed by atoms with E-state index in [4.69, 9.17) is 4.74 Å². The van der Waals surface area contributed by atoms with E-state index in [0.717, 1.165) is 24.9 Å². The van der Waals surface area contributed by atoms with Gasteiger partial charge in [0.25, 0.3) is 11.9 Å². The Kier molecular flexibility index (Phi) is 2.15. The smallest absolute Gasteiger partial charge is 0.295 e. The fourth-order valence-corrected chi connectivity index (χ4v) is 3.02. The number of rotatable bonds is 0. The van der Waals surface area contributed by atoms with Crippen LogP contribution >= 0.6 is 0 Å². The van der Waals surface area contributed by atoms with E-state index in [1.54, 1.807) is 0 Å². The number of amides is 1. The molecule has 0 aromatic rings. The molecule has 3 rings (SSSR count). The highest BCUT2D eigenvalue weighted by atomic mass is 16.5. The van der Waals surface area contributed by atoms with Crippen LogP contribution in [0.25, 0.3) is 0 Å². The van der Waals surface area contributed by atoms with Crippen LogP contribution in [0.5, 0.6) is 0 Å². The molecule has 0 radical (unpaired) electrons. The van der Waals surface area contributed by atoms with Crippen molar-refractivity contribution in [2.75, 3.05) is 19.7 Å². The van der Waals surface area contributed by atoms with E-state index in [1.807, 2.05) is 0 Å². The van der Waals surface area contributed by atoms with Crippen LogP contribution in [0.2, 0.25) is 0 Å². The van der Waals surface area contributed by atoms with Gasteiger partial charge in [0.15, 0.2) is 6.61 Å². The van der Waals surface area contributed by atoms with Crippen molar-refractivity contribution in [3.63, 3.8) is 0 Å². The zero-order valence-electron chi connectivity index (χ0n) is 8.82. The van der Waals surface area contributed by atoms with Crippen molar-refractivity contribution in [1.82, 2.24) is 4.90 Å². The standard InChI is InChI=1S/C11H16N2O2/c14-10-7-15-11(12-10)13-5-8-3-1-2-4-9(8)6-13/h8-9H,1-7H2. The second-order valence-electron chi connectivity index (χ2n) is 4.79. The molecule has 2 unspecified atom stereocenters. The zero-order chi connectivity index (χ0) is 10.3. The number of fused-ring (bicyclic) bond motifs is 1. The van der Waals surface area contributed by atoms with Crippen molar-refractivity contribution in [3.05, 3.63) is 0 Å². The number of amidine groups is 1. The van der Waals surface area contributed by atoms with E-state index in [1.165, 1.54) is 25.7 Å². The quantitative estimate of drug-likeness (QED) is 0.597. The van der Waals surface area contributed by atoms with Crippen LogP contribution in [0.1, 0.15) is 25.7 Å². The fourth-order valence-electron chi connectivity index (χ4n) is 3.02. The molecule has 0 bridgehead atoms. The molecule has 3 aliphatic rings. The summed E-state index contributed by atoms with van der Waals surface area (Å²) in [6.07, 6.45) is 5.40. The number of aliphatic imine (C=N–C) groups is 1. The van der Waals surface area contributed by atoms with Crippen molar-refractivity contribution < 1.29 is 9.53 Å². The summed E-state index contributed by atoms with van der Waals surface area (Å²) in [5.41, 5.74) is 0. The second kappa shape index (κ2) is 3.51. The molecule has 4 nitrogen and oxygen atoms in total. The fraction of sp³-hybridized carbons (Fsp3) is 0.818. The molecule has 0 N–H and O–H groups in total. The van der Waals surface area contributed by atoms with E-state index in [2.05, 4.69) is 9.89 Å². The molecular formula is C11H16N2O2. The minimum atomic E-state index is -0.139. The lowest BCUT2D eigenvalue weighted by Crippen LogP contribution is -2.29. The van der Waals surface area contributed by atoms with Crippen molar-refractivity contribution in [2.45, 2.75) is 25.7 Å². The van der Waals surface area contributed by atoms with Gasteiger partial charge in [-0.1, -0.05) is 12.8 Å². The first-order chi connectivity index (χ1) is 7.33. The molecule has 2 aliphatic heterocycles. The molecule has 2 heterocycles. The lowest BCUT2D eigenvalue weighted by Gasteiger charge is -2.22. The summed E-state index contributed by atoms with van der Waals surface area (Å²) < 4.78 is 5.28. The highest BCUT2D eigenvalue weighted by Crippen LogP contribution is 2.36. The van der Waals surface area contributed by atoms with Gasteiger partial charge in [-0.05, 0) is 24.7 Å². The monoisotopic (exact) mass is 208 g/mol. The summed E-state index contributed by atoms with van der Waals surface area (Å²) in [7, 11) is 0. The molecule has 15 heavy (non-hydrogen) atoms. The van der Waals surface area contributed by atoms with Gasteiger partial charge in [-0.3, -0.25) is 4.79 Å². The Balaban J connectivity index is 1.70. The summed E-state index contributed by atoms with van der Waals surface area (Å²) >= 11 is 0. The van der Waals surface area contributed by atoms with Gasteiger partial charge in [0.1, 0.15) is 0 Å². The van der Waals surface area contributed by atoms with Crippen molar-refractivity contribution in [3.8, 4) is 0 Å². The third-order valence-electron chi connectivity index (χ3n) is 3.79. The number of likely N-dealkylation sites (tertiary alicyclic amines) is 1. The molecule has 0 spiro atoms. The van der Waals surface area contributed by atoms with Gasteiger partial charge in [-0.15, -0.1) is 0 Å². The molecule has 1 saturated heterocycles. The Morgan fingerprint density at radius 3 is 2.40 bits per heavy atom. The number of carbonyl (C=O) groups is 1. The van der Waals surface area contributed by atoms with Gasteiger partial charge in [-0.2, -0.15) is 4.99 Å². The van der Waals surface area contributed by atoms with Gasteiger partial charge in [0.2, 0.25) is 0 Å². The number of hydrogen-bond acceptors (Lipinski definition) is 3. The Bertz CT molecular complexity index is 300. The maximum Gasteiger partial charge on any atom is 0.295 e. The Labute approximate surface area is 89.3 Å². The van der Waals surface area contributed by atoms with E-state index < -0.39 is 0 Å². The summed E-state index contributed by atoms with van der Waals surface area (Å²) in [6.45, 7) is 2.22. The predicted molar refractivity (Wildman–Crippen MR) is 55.4 cm³/mol. The Hall–Kier alpha value is -1.06. The van der Waals surface area contributed by atoms with Gasteiger partial charge in [0.05, 0.1) is 0 Å². The van der Waals surface area contributed by atoms with Crippen LogP contribution in [0.15, 0.2) is 4.99 Å². The molecule has 0 aromatic carbocycles. The minimum absolute atomic E-state index is 0.139. The Morgan fingerprint density at radius 2 is 1.87 bits per heavy atom. The third-order valence-corrected chi connectivity index (χ3v) is 3.79. The summed E-state index contributed by atoms with van der Waals surface area (Å²) in [5, 5.41) is 0. The van der Waals surface area contributed by atoms with Crippen molar-refractivity contribution in [1.29, 1.82) is 0 Å². The third kappa shape index (κ3) is 1.62. The molecule has 2 fully saturated rings. The Morgan fingerprint density at radius 1 is 1.20 bits per heavy atom. The van der Waals surface area contributed by atoms with Gasteiger partial charge in [-0.25, -0.2) is 0 Å². The van der Waals surface area contributed by atoms with E-state index in [0.29, 0.717) is 6.02 Å². The normalized spacial score (nSPS) is 35.1.